The van der Waals surface area contributed by atoms with Crippen molar-refractivity contribution in [1.82, 2.24) is 4.90 Å². The van der Waals surface area contributed by atoms with E-state index in [0.29, 0.717) is 13.0 Å². The number of amides is 1. The zero-order valence-corrected chi connectivity index (χ0v) is 15.3. The van der Waals surface area contributed by atoms with Gasteiger partial charge in [0.05, 0.1) is 19.3 Å². The van der Waals surface area contributed by atoms with Gasteiger partial charge in [0.25, 0.3) is 0 Å². The molecule has 1 atom stereocenters. The first-order chi connectivity index (χ1) is 10.7. The molecule has 0 unspecified atom stereocenters. The smallest absolute Gasteiger partial charge is 0.413 e. The number of carbonyl (C=O) groups is 2. The molecule has 0 aromatic carbocycles. The maximum Gasteiger partial charge on any atom is 0.413 e. The Morgan fingerprint density at radius 3 is 2.30 bits per heavy atom. The van der Waals surface area contributed by atoms with Crippen LogP contribution in [0.1, 0.15) is 66.7 Å². The van der Waals surface area contributed by atoms with Gasteiger partial charge in [-0.25, -0.2) is 9.59 Å². The number of hydrogen-bond acceptors (Lipinski definition) is 5. The lowest BCUT2D eigenvalue weighted by molar-refractivity contribution is -0.152. The minimum atomic E-state index is -0.864. The summed E-state index contributed by atoms with van der Waals surface area (Å²) in [5.41, 5.74) is -1.24. The van der Waals surface area contributed by atoms with E-state index in [1.165, 1.54) is 7.11 Å². The minimum Gasteiger partial charge on any atom is -0.466 e. The Morgan fingerprint density at radius 1 is 1.17 bits per heavy atom. The summed E-state index contributed by atoms with van der Waals surface area (Å²) in [4.78, 5) is 26.1. The molecule has 0 aromatic rings. The highest BCUT2D eigenvalue weighted by atomic mass is 16.6. The summed E-state index contributed by atoms with van der Waals surface area (Å²) in [6.07, 6.45) is 3.11. The van der Waals surface area contributed by atoms with Gasteiger partial charge >= 0.3 is 12.1 Å². The van der Waals surface area contributed by atoms with Gasteiger partial charge in [-0.3, -0.25) is 4.90 Å². The molecule has 0 bridgehead atoms. The van der Waals surface area contributed by atoms with Gasteiger partial charge in [0.1, 0.15) is 5.72 Å². The van der Waals surface area contributed by atoms with E-state index < -0.39 is 29.4 Å². The number of esters is 1. The van der Waals surface area contributed by atoms with Crippen LogP contribution in [0.4, 0.5) is 4.79 Å². The molecule has 1 rings (SSSR count). The fourth-order valence-corrected chi connectivity index (χ4v) is 2.97. The molecule has 0 saturated carbocycles. The van der Waals surface area contributed by atoms with Crippen molar-refractivity contribution >= 4 is 12.1 Å². The predicted molar refractivity (Wildman–Crippen MR) is 87.0 cm³/mol. The monoisotopic (exact) mass is 329 g/mol. The second-order valence-corrected chi connectivity index (χ2v) is 7.13. The number of hydrogen-bond donors (Lipinski definition) is 0. The molecule has 6 nitrogen and oxygen atoms in total. The number of nitrogens with zero attached hydrogens (tertiary/aromatic N) is 1. The topological polar surface area (TPSA) is 65.1 Å². The van der Waals surface area contributed by atoms with Crippen molar-refractivity contribution in [2.24, 2.45) is 0 Å². The average molecular weight is 329 g/mol. The largest absolute Gasteiger partial charge is 0.466 e. The molecule has 1 aliphatic rings. The van der Waals surface area contributed by atoms with E-state index in [-0.39, 0.29) is 0 Å². The molecule has 0 N–H and O–H groups in total. The van der Waals surface area contributed by atoms with Gasteiger partial charge in [0, 0.05) is 0 Å². The van der Waals surface area contributed by atoms with Crippen molar-refractivity contribution in [3.05, 3.63) is 0 Å². The summed E-state index contributed by atoms with van der Waals surface area (Å²) in [6.45, 7) is 10.0. The number of unbranched alkanes of at least 4 members (excludes halogenated alkanes) is 3. The lowest BCUT2D eigenvalue weighted by atomic mass is 10.0. The molecule has 0 spiro atoms. The van der Waals surface area contributed by atoms with E-state index in [4.69, 9.17) is 14.2 Å². The second kappa shape index (κ2) is 7.99. The van der Waals surface area contributed by atoms with E-state index >= 15 is 0 Å². The quantitative estimate of drug-likeness (QED) is 0.528. The molecule has 0 radical (unpaired) electrons. The fourth-order valence-electron chi connectivity index (χ4n) is 2.97. The highest BCUT2D eigenvalue weighted by Crippen LogP contribution is 2.35. The van der Waals surface area contributed by atoms with Gasteiger partial charge in [-0.05, 0) is 40.5 Å². The van der Waals surface area contributed by atoms with Crippen LogP contribution in [0.5, 0.6) is 0 Å². The summed E-state index contributed by atoms with van der Waals surface area (Å²) in [6, 6.07) is 0. The first-order valence-corrected chi connectivity index (χ1v) is 8.38. The van der Waals surface area contributed by atoms with Crippen molar-refractivity contribution < 1.29 is 23.8 Å². The van der Waals surface area contributed by atoms with E-state index in [9.17, 15) is 9.59 Å². The van der Waals surface area contributed by atoms with E-state index in [0.717, 1.165) is 25.7 Å². The Morgan fingerprint density at radius 2 is 1.83 bits per heavy atom. The zero-order chi connectivity index (χ0) is 17.7. The molecule has 1 heterocycles. The van der Waals surface area contributed by atoms with Gasteiger partial charge in [0.15, 0.2) is 0 Å². The first kappa shape index (κ1) is 19.7. The lowest BCUT2D eigenvalue weighted by Gasteiger charge is -2.37. The predicted octanol–water partition coefficient (Wildman–Crippen LogP) is 3.48. The molecule has 1 saturated heterocycles. The first-order valence-electron chi connectivity index (χ1n) is 8.38. The number of carbonyl (C=O) groups excluding carboxylic acids is 2. The molecule has 0 aliphatic carbocycles. The molecule has 23 heavy (non-hydrogen) atoms. The van der Waals surface area contributed by atoms with Crippen LogP contribution in [0, 0.1) is 0 Å². The molecule has 1 aliphatic heterocycles. The average Bonchev–Trinajstić information content (AvgIpc) is 2.69. The molecule has 6 heteroatoms. The molecular formula is C17H31NO5. The molecule has 1 amide bonds. The third kappa shape index (κ3) is 5.09. The zero-order valence-electron chi connectivity index (χ0n) is 15.3. The fraction of sp³-hybridized carbons (Fsp3) is 0.882. The van der Waals surface area contributed by atoms with E-state index in [2.05, 4.69) is 6.92 Å². The van der Waals surface area contributed by atoms with Gasteiger partial charge in [-0.1, -0.05) is 26.2 Å². The van der Waals surface area contributed by atoms with Crippen molar-refractivity contribution in [2.45, 2.75) is 84.1 Å². The van der Waals surface area contributed by atoms with Crippen molar-refractivity contribution in [1.29, 1.82) is 0 Å². The van der Waals surface area contributed by atoms with Gasteiger partial charge < -0.3 is 14.2 Å². The number of rotatable bonds is 7. The maximum absolute atomic E-state index is 12.6. The van der Waals surface area contributed by atoms with Crippen LogP contribution in [0.15, 0.2) is 0 Å². The highest BCUT2D eigenvalue weighted by molar-refractivity contribution is 5.79. The third-order valence-electron chi connectivity index (χ3n) is 4.13. The van der Waals surface area contributed by atoms with Crippen LogP contribution >= 0.6 is 0 Å². The Kier molecular flexibility index (Phi) is 6.86. The summed E-state index contributed by atoms with van der Waals surface area (Å²) in [7, 11) is 1.31. The number of ether oxygens (including phenoxy) is 3. The Hall–Kier alpha value is -1.30. The summed E-state index contributed by atoms with van der Waals surface area (Å²) < 4.78 is 15.9. The highest BCUT2D eigenvalue weighted by Gasteiger charge is 2.50. The van der Waals surface area contributed by atoms with Crippen LogP contribution in [0.3, 0.4) is 0 Å². The Balaban J connectivity index is 2.74. The lowest BCUT2D eigenvalue weighted by Crippen LogP contribution is -2.54. The molecule has 1 fully saturated rings. The van der Waals surface area contributed by atoms with Gasteiger partial charge in [-0.2, -0.15) is 0 Å². The summed E-state index contributed by atoms with van der Waals surface area (Å²) >= 11 is 0. The normalized spacial score (nSPS) is 20.2. The summed E-state index contributed by atoms with van der Waals surface area (Å²) in [5, 5.41) is 0. The molecule has 0 aromatic heterocycles. The van der Waals surface area contributed by atoms with Crippen LogP contribution < -0.4 is 0 Å². The Bertz CT molecular complexity index is 403. The van der Waals surface area contributed by atoms with Crippen molar-refractivity contribution in [2.75, 3.05) is 13.7 Å². The standard InChI is InChI=1S/C17H31NO5/c1-7-8-9-10-11-13(14(19)21-6)23-15(20)18-16(2,3)12-22-17(18,4)5/h13H,7-12H2,1-6H3/t13-/m1/s1. The third-order valence-corrected chi connectivity index (χ3v) is 4.13. The molecule has 134 valence electrons. The minimum absolute atomic E-state index is 0.425. The SMILES string of the molecule is CCCCCC[C@@H](OC(=O)N1C(C)(C)COC1(C)C)C(=O)OC. The van der Waals surface area contributed by atoms with Gasteiger partial charge in [0.2, 0.25) is 6.10 Å². The summed E-state index contributed by atoms with van der Waals surface area (Å²) in [5.74, 6) is -0.509. The molecular weight excluding hydrogens is 298 g/mol. The van der Waals surface area contributed by atoms with Crippen LogP contribution in [0.2, 0.25) is 0 Å². The van der Waals surface area contributed by atoms with Gasteiger partial charge in [-0.15, -0.1) is 0 Å². The van der Waals surface area contributed by atoms with E-state index in [1.807, 2.05) is 27.7 Å². The van der Waals surface area contributed by atoms with Crippen LogP contribution in [-0.2, 0) is 19.0 Å². The van der Waals surface area contributed by atoms with E-state index in [1.54, 1.807) is 4.90 Å². The maximum atomic E-state index is 12.6. The number of methoxy groups -OCH3 is 1. The second-order valence-electron chi connectivity index (χ2n) is 7.13. The van der Waals surface area contributed by atoms with Crippen LogP contribution in [-0.4, -0.2) is 48.0 Å². The Labute approximate surface area is 139 Å². The van der Waals surface area contributed by atoms with Crippen LogP contribution in [0.25, 0.3) is 0 Å². The van der Waals surface area contributed by atoms with Crippen molar-refractivity contribution in [3.63, 3.8) is 0 Å². The van der Waals surface area contributed by atoms with Crippen molar-refractivity contribution in [3.8, 4) is 0 Å².